The minimum atomic E-state index is 0.811. The van der Waals surface area contributed by atoms with E-state index in [1.54, 1.807) is 4.88 Å². The van der Waals surface area contributed by atoms with Gasteiger partial charge in [-0.2, -0.15) is 0 Å². The average Bonchev–Trinajstić information content (AvgIpc) is 2.64. The van der Waals surface area contributed by atoms with Gasteiger partial charge in [0.2, 0.25) is 0 Å². The van der Waals surface area contributed by atoms with Gasteiger partial charge in [-0.1, -0.05) is 13.3 Å². The van der Waals surface area contributed by atoms with Crippen molar-refractivity contribution < 1.29 is 0 Å². The van der Waals surface area contributed by atoms with Crippen molar-refractivity contribution in [3.63, 3.8) is 0 Å². The smallest absolute Gasteiger partial charge is 0.0900 e. The molecule has 1 aliphatic carbocycles. The van der Waals surface area contributed by atoms with Gasteiger partial charge >= 0.3 is 0 Å². The van der Waals surface area contributed by atoms with Crippen LogP contribution in [0.15, 0.2) is 0 Å². The summed E-state index contributed by atoms with van der Waals surface area (Å²) in [6, 6.07) is 0. The predicted molar refractivity (Wildman–Crippen MR) is 70.1 cm³/mol. The highest BCUT2D eigenvalue weighted by Crippen LogP contribution is 2.29. The Morgan fingerprint density at radius 1 is 1.50 bits per heavy atom. The van der Waals surface area contributed by atoms with E-state index in [0.29, 0.717) is 0 Å². The van der Waals surface area contributed by atoms with Crippen LogP contribution in [0.5, 0.6) is 0 Å². The number of nitrogens with zero attached hydrogens (tertiary/aromatic N) is 1. The van der Waals surface area contributed by atoms with E-state index in [4.69, 9.17) is 0 Å². The number of thiazole rings is 1. The molecule has 3 heteroatoms. The molecule has 1 atom stereocenters. The van der Waals surface area contributed by atoms with Gasteiger partial charge in [-0.3, -0.25) is 0 Å². The largest absolute Gasteiger partial charge is 0.316 e. The molecule has 1 unspecified atom stereocenters. The van der Waals surface area contributed by atoms with Crippen LogP contribution in [-0.2, 0) is 12.8 Å². The number of nitrogens with one attached hydrogen (secondary N) is 1. The van der Waals surface area contributed by atoms with Crippen molar-refractivity contribution in [3.05, 3.63) is 15.6 Å². The summed E-state index contributed by atoms with van der Waals surface area (Å²) in [6.45, 7) is 6.72. The lowest BCUT2D eigenvalue weighted by Crippen LogP contribution is -2.27. The summed E-state index contributed by atoms with van der Waals surface area (Å²) in [6.07, 6.45) is 6.37. The van der Waals surface area contributed by atoms with Gasteiger partial charge in [0.25, 0.3) is 0 Å². The lowest BCUT2D eigenvalue weighted by Gasteiger charge is -2.21. The first kappa shape index (κ1) is 12.1. The third kappa shape index (κ3) is 3.05. The number of rotatable bonds is 5. The molecule has 16 heavy (non-hydrogen) atoms. The number of aryl methyl sites for hydroxylation is 2. The molecule has 0 bridgehead atoms. The van der Waals surface area contributed by atoms with Gasteiger partial charge in [0.1, 0.15) is 0 Å². The molecule has 0 saturated carbocycles. The van der Waals surface area contributed by atoms with E-state index < -0.39 is 0 Å². The molecule has 0 aromatic carbocycles. The maximum atomic E-state index is 4.64. The Morgan fingerprint density at radius 2 is 2.38 bits per heavy atom. The third-order valence-corrected chi connectivity index (χ3v) is 4.36. The minimum absolute atomic E-state index is 0.811. The molecule has 0 fully saturated rings. The quantitative estimate of drug-likeness (QED) is 0.798. The molecule has 1 N–H and O–H groups in total. The molecule has 2 rings (SSSR count). The maximum Gasteiger partial charge on any atom is 0.0900 e. The van der Waals surface area contributed by atoms with E-state index in [9.17, 15) is 0 Å². The number of hydrogen-bond donors (Lipinski definition) is 1. The van der Waals surface area contributed by atoms with Crippen LogP contribution in [0.1, 0.15) is 41.8 Å². The molecule has 1 aromatic rings. The summed E-state index contributed by atoms with van der Waals surface area (Å²) >= 11 is 1.89. The summed E-state index contributed by atoms with van der Waals surface area (Å²) in [5, 5.41) is 4.81. The first-order chi connectivity index (χ1) is 7.79. The zero-order chi connectivity index (χ0) is 11.4. The van der Waals surface area contributed by atoms with Gasteiger partial charge in [0.15, 0.2) is 0 Å². The lowest BCUT2D eigenvalue weighted by molar-refractivity contribution is 0.421. The van der Waals surface area contributed by atoms with E-state index in [-0.39, 0.29) is 0 Å². The fraction of sp³-hybridized carbons (Fsp3) is 0.769. The Labute approximate surface area is 102 Å². The second-order valence-corrected chi connectivity index (χ2v) is 6.06. The van der Waals surface area contributed by atoms with Gasteiger partial charge in [-0.25, -0.2) is 4.98 Å². The van der Waals surface area contributed by atoms with Crippen molar-refractivity contribution in [3.8, 4) is 0 Å². The van der Waals surface area contributed by atoms with E-state index in [0.717, 1.165) is 5.92 Å². The Hall–Kier alpha value is -0.410. The SMILES string of the molecule is CCCCNCC1CCc2sc(C)nc2C1. The van der Waals surface area contributed by atoms with Gasteiger partial charge in [-0.05, 0) is 51.6 Å². The van der Waals surface area contributed by atoms with Crippen molar-refractivity contribution in [1.82, 2.24) is 10.3 Å². The third-order valence-electron chi connectivity index (χ3n) is 3.29. The van der Waals surface area contributed by atoms with Crippen LogP contribution in [0, 0.1) is 12.8 Å². The van der Waals surface area contributed by atoms with E-state index >= 15 is 0 Å². The minimum Gasteiger partial charge on any atom is -0.316 e. The van der Waals surface area contributed by atoms with Crippen LogP contribution >= 0.6 is 11.3 Å². The fourth-order valence-corrected chi connectivity index (χ4v) is 3.34. The van der Waals surface area contributed by atoms with Gasteiger partial charge in [0.05, 0.1) is 10.7 Å². The number of hydrogen-bond acceptors (Lipinski definition) is 3. The monoisotopic (exact) mass is 238 g/mol. The zero-order valence-corrected chi connectivity index (χ0v) is 11.2. The molecular formula is C13H22N2S. The maximum absolute atomic E-state index is 4.64. The Morgan fingerprint density at radius 3 is 3.19 bits per heavy atom. The highest BCUT2D eigenvalue weighted by atomic mass is 32.1. The van der Waals surface area contributed by atoms with Crippen LogP contribution < -0.4 is 5.32 Å². The normalized spacial score (nSPS) is 19.8. The molecule has 0 saturated heterocycles. The molecule has 90 valence electrons. The van der Waals surface area contributed by atoms with Crippen LogP contribution in [0.25, 0.3) is 0 Å². The van der Waals surface area contributed by atoms with Crippen LogP contribution in [-0.4, -0.2) is 18.1 Å². The average molecular weight is 238 g/mol. The zero-order valence-electron chi connectivity index (χ0n) is 10.4. The summed E-state index contributed by atoms with van der Waals surface area (Å²) in [7, 11) is 0. The summed E-state index contributed by atoms with van der Waals surface area (Å²) in [5.74, 6) is 0.811. The Bertz CT molecular complexity index is 333. The summed E-state index contributed by atoms with van der Waals surface area (Å²) in [4.78, 5) is 6.18. The van der Waals surface area contributed by atoms with E-state index in [1.807, 2.05) is 11.3 Å². The van der Waals surface area contributed by atoms with Gasteiger partial charge in [-0.15, -0.1) is 11.3 Å². The predicted octanol–water partition coefficient (Wildman–Crippen LogP) is 2.95. The highest BCUT2D eigenvalue weighted by molar-refractivity contribution is 7.11. The standard InChI is InChI=1S/C13H22N2S/c1-3-4-7-14-9-11-5-6-13-12(8-11)15-10(2)16-13/h11,14H,3-9H2,1-2H3. The molecule has 0 amide bonds. The number of fused-ring (bicyclic) bond motifs is 1. The highest BCUT2D eigenvalue weighted by Gasteiger charge is 2.21. The lowest BCUT2D eigenvalue weighted by atomic mass is 9.91. The molecule has 0 aliphatic heterocycles. The first-order valence-electron chi connectivity index (χ1n) is 6.45. The second-order valence-electron chi connectivity index (χ2n) is 4.77. The van der Waals surface area contributed by atoms with Crippen LogP contribution in [0.2, 0.25) is 0 Å². The number of aromatic nitrogens is 1. The Kier molecular flexibility index (Phi) is 4.36. The van der Waals surface area contributed by atoms with E-state index in [2.05, 4.69) is 24.1 Å². The van der Waals surface area contributed by atoms with Crippen molar-refractivity contribution in [2.45, 2.75) is 46.0 Å². The summed E-state index contributed by atoms with van der Waals surface area (Å²) in [5.41, 5.74) is 1.39. The molecule has 0 spiro atoms. The van der Waals surface area contributed by atoms with Crippen molar-refractivity contribution in [2.24, 2.45) is 5.92 Å². The molecule has 1 aliphatic rings. The molecule has 0 radical (unpaired) electrons. The second kappa shape index (κ2) is 5.78. The van der Waals surface area contributed by atoms with Crippen molar-refractivity contribution in [2.75, 3.05) is 13.1 Å². The number of unbranched alkanes of at least 4 members (excludes halogenated alkanes) is 1. The van der Waals surface area contributed by atoms with Gasteiger partial charge < -0.3 is 5.32 Å². The fourth-order valence-electron chi connectivity index (χ4n) is 2.36. The van der Waals surface area contributed by atoms with Gasteiger partial charge in [0, 0.05) is 4.88 Å². The van der Waals surface area contributed by atoms with Crippen LogP contribution in [0.4, 0.5) is 0 Å². The molecule has 2 nitrogen and oxygen atoms in total. The first-order valence-corrected chi connectivity index (χ1v) is 7.27. The van der Waals surface area contributed by atoms with Crippen LogP contribution in [0.3, 0.4) is 0 Å². The van der Waals surface area contributed by atoms with E-state index in [1.165, 1.54) is 55.9 Å². The molecule has 1 aromatic heterocycles. The summed E-state index contributed by atoms with van der Waals surface area (Å²) < 4.78 is 0. The van der Waals surface area contributed by atoms with Crippen molar-refractivity contribution >= 4 is 11.3 Å². The molecule has 1 heterocycles. The van der Waals surface area contributed by atoms with Crippen molar-refractivity contribution in [1.29, 1.82) is 0 Å². The topological polar surface area (TPSA) is 24.9 Å². The molecular weight excluding hydrogens is 216 g/mol. The Balaban J connectivity index is 1.79.